The lowest BCUT2D eigenvalue weighted by Crippen LogP contribution is -2.39. The number of likely N-dealkylation sites (tertiary alicyclic amines) is 1. The van der Waals surface area contributed by atoms with Crippen LogP contribution < -0.4 is 4.74 Å². The molecule has 1 atom stereocenters. The fourth-order valence-electron chi connectivity index (χ4n) is 2.36. The molecule has 3 nitrogen and oxygen atoms in total. The van der Waals surface area contributed by atoms with E-state index in [-0.39, 0.29) is 6.61 Å². The monoisotopic (exact) mass is 271 g/mol. The largest absolute Gasteiger partial charge is 0.492 e. The van der Waals surface area contributed by atoms with E-state index in [4.69, 9.17) is 9.84 Å². The van der Waals surface area contributed by atoms with Crippen LogP contribution in [-0.2, 0) is 0 Å². The van der Waals surface area contributed by atoms with Crippen molar-refractivity contribution in [3.05, 3.63) is 29.8 Å². The maximum atomic E-state index is 13.0. The van der Waals surface area contributed by atoms with Crippen molar-refractivity contribution in [2.24, 2.45) is 5.92 Å². The van der Waals surface area contributed by atoms with Crippen LogP contribution in [0.1, 0.15) is 12.8 Å². The molecular weight excluding hydrogens is 252 g/mol. The summed E-state index contributed by atoms with van der Waals surface area (Å²) < 4.78 is 31.1. The second-order valence-electron chi connectivity index (χ2n) is 4.92. The molecule has 1 unspecified atom stereocenters. The first kappa shape index (κ1) is 14.2. The summed E-state index contributed by atoms with van der Waals surface area (Å²) in [5.41, 5.74) is 0. The molecule has 0 aliphatic carbocycles. The Labute approximate surface area is 111 Å². The number of aliphatic hydroxyl groups is 1. The molecule has 1 N–H and O–H groups in total. The summed E-state index contributed by atoms with van der Waals surface area (Å²) in [7, 11) is 0. The Bertz CT molecular complexity index is 414. The zero-order valence-electron chi connectivity index (χ0n) is 10.8. The number of hydrogen-bond donors (Lipinski definition) is 1. The second-order valence-corrected chi connectivity index (χ2v) is 4.92. The Hall–Kier alpha value is -1.20. The van der Waals surface area contributed by atoms with Gasteiger partial charge in [0.25, 0.3) is 0 Å². The van der Waals surface area contributed by atoms with Crippen molar-refractivity contribution >= 4 is 0 Å². The molecule has 1 saturated heterocycles. The number of piperidine rings is 1. The van der Waals surface area contributed by atoms with Crippen LogP contribution in [0, 0.1) is 17.6 Å². The SMILES string of the molecule is OCC1CCCN(CCOc2ccc(F)c(F)c2)C1. The first-order valence-corrected chi connectivity index (χ1v) is 6.60. The summed E-state index contributed by atoms with van der Waals surface area (Å²) in [6, 6.07) is 3.54. The lowest BCUT2D eigenvalue weighted by atomic mass is 9.99. The highest BCUT2D eigenvalue weighted by Gasteiger charge is 2.18. The molecule has 106 valence electrons. The van der Waals surface area contributed by atoms with Crippen molar-refractivity contribution in [2.45, 2.75) is 12.8 Å². The fourth-order valence-corrected chi connectivity index (χ4v) is 2.36. The summed E-state index contributed by atoms with van der Waals surface area (Å²) >= 11 is 0. The highest BCUT2D eigenvalue weighted by molar-refractivity contribution is 5.23. The van der Waals surface area contributed by atoms with Gasteiger partial charge >= 0.3 is 0 Å². The van der Waals surface area contributed by atoms with E-state index in [0.29, 0.717) is 18.3 Å². The van der Waals surface area contributed by atoms with Gasteiger partial charge in [0.05, 0.1) is 0 Å². The molecule has 1 aromatic rings. The van der Waals surface area contributed by atoms with Gasteiger partial charge in [-0.15, -0.1) is 0 Å². The Kier molecular flexibility index (Phi) is 5.10. The predicted molar refractivity (Wildman–Crippen MR) is 68.1 cm³/mol. The van der Waals surface area contributed by atoms with Crippen molar-refractivity contribution in [1.82, 2.24) is 4.90 Å². The van der Waals surface area contributed by atoms with Crippen LogP contribution in [0.15, 0.2) is 18.2 Å². The van der Waals surface area contributed by atoms with Crippen LogP contribution in [0.25, 0.3) is 0 Å². The van der Waals surface area contributed by atoms with Crippen LogP contribution in [-0.4, -0.2) is 42.9 Å². The average molecular weight is 271 g/mol. The van der Waals surface area contributed by atoms with Gasteiger partial charge in [-0.3, -0.25) is 4.90 Å². The van der Waals surface area contributed by atoms with Crippen molar-refractivity contribution in [1.29, 1.82) is 0 Å². The van der Waals surface area contributed by atoms with E-state index in [2.05, 4.69) is 4.90 Å². The van der Waals surface area contributed by atoms with Crippen LogP contribution in [0.5, 0.6) is 5.75 Å². The zero-order chi connectivity index (χ0) is 13.7. The number of halogens is 2. The molecule has 1 aliphatic heterocycles. The highest BCUT2D eigenvalue weighted by atomic mass is 19.2. The lowest BCUT2D eigenvalue weighted by Gasteiger charge is -2.31. The van der Waals surface area contributed by atoms with Crippen LogP contribution >= 0.6 is 0 Å². The van der Waals surface area contributed by atoms with Crippen LogP contribution in [0.3, 0.4) is 0 Å². The Morgan fingerprint density at radius 2 is 2.16 bits per heavy atom. The Morgan fingerprint density at radius 1 is 1.32 bits per heavy atom. The minimum Gasteiger partial charge on any atom is -0.492 e. The normalized spacial score (nSPS) is 20.5. The fraction of sp³-hybridized carbons (Fsp3) is 0.571. The predicted octanol–water partition coefficient (Wildman–Crippen LogP) is 2.05. The van der Waals surface area contributed by atoms with Gasteiger partial charge in [-0.2, -0.15) is 0 Å². The molecule has 1 heterocycles. The molecule has 1 aliphatic rings. The summed E-state index contributed by atoms with van der Waals surface area (Å²) in [4.78, 5) is 2.23. The standard InChI is InChI=1S/C14H19F2NO2/c15-13-4-3-12(8-14(13)16)19-7-6-17-5-1-2-11(9-17)10-18/h3-4,8,11,18H,1-2,5-7,9-10H2. The molecule has 0 spiro atoms. The molecule has 0 aromatic heterocycles. The second kappa shape index (κ2) is 6.82. The van der Waals surface area contributed by atoms with E-state index in [0.717, 1.165) is 44.6 Å². The Balaban J connectivity index is 1.75. The van der Waals surface area contributed by atoms with Crippen molar-refractivity contribution in [3.63, 3.8) is 0 Å². The molecule has 0 radical (unpaired) electrons. The molecule has 0 amide bonds. The third-order valence-corrected chi connectivity index (χ3v) is 3.43. The van der Waals surface area contributed by atoms with Gasteiger partial charge in [-0.25, -0.2) is 8.78 Å². The topological polar surface area (TPSA) is 32.7 Å². The third-order valence-electron chi connectivity index (χ3n) is 3.43. The number of benzene rings is 1. The van der Waals surface area contributed by atoms with E-state index < -0.39 is 11.6 Å². The van der Waals surface area contributed by atoms with Gasteiger partial charge in [0.2, 0.25) is 0 Å². The third kappa shape index (κ3) is 4.14. The van der Waals surface area contributed by atoms with Crippen molar-refractivity contribution in [3.8, 4) is 5.75 Å². The van der Waals surface area contributed by atoms with E-state index in [1.807, 2.05) is 0 Å². The van der Waals surface area contributed by atoms with Gasteiger partial charge in [-0.1, -0.05) is 0 Å². The molecular formula is C14H19F2NO2. The van der Waals surface area contributed by atoms with Gasteiger partial charge in [-0.05, 0) is 37.4 Å². The molecule has 2 rings (SSSR count). The van der Waals surface area contributed by atoms with Gasteiger partial charge in [0.15, 0.2) is 11.6 Å². The lowest BCUT2D eigenvalue weighted by molar-refractivity contribution is 0.107. The first-order valence-electron chi connectivity index (χ1n) is 6.60. The minimum absolute atomic E-state index is 0.223. The summed E-state index contributed by atoms with van der Waals surface area (Å²) in [6.45, 7) is 3.26. The molecule has 1 aromatic carbocycles. The van der Waals surface area contributed by atoms with Gasteiger partial charge < -0.3 is 9.84 Å². The molecule has 1 fully saturated rings. The Morgan fingerprint density at radius 3 is 2.89 bits per heavy atom. The molecule has 19 heavy (non-hydrogen) atoms. The van der Waals surface area contributed by atoms with Gasteiger partial charge in [0.1, 0.15) is 12.4 Å². The van der Waals surface area contributed by atoms with E-state index >= 15 is 0 Å². The average Bonchev–Trinajstić information content (AvgIpc) is 2.43. The number of hydrogen-bond acceptors (Lipinski definition) is 3. The summed E-state index contributed by atoms with van der Waals surface area (Å²) in [5, 5.41) is 9.13. The summed E-state index contributed by atoms with van der Waals surface area (Å²) in [5.74, 6) is -1.07. The zero-order valence-corrected chi connectivity index (χ0v) is 10.8. The highest BCUT2D eigenvalue weighted by Crippen LogP contribution is 2.17. The quantitative estimate of drug-likeness (QED) is 0.889. The van der Waals surface area contributed by atoms with Crippen molar-refractivity contribution in [2.75, 3.05) is 32.8 Å². The smallest absolute Gasteiger partial charge is 0.162 e. The first-order chi connectivity index (χ1) is 9.19. The minimum atomic E-state index is -0.893. The van der Waals surface area contributed by atoms with Crippen molar-refractivity contribution < 1.29 is 18.6 Å². The number of rotatable bonds is 5. The van der Waals surface area contributed by atoms with E-state index in [1.54, 1.807) is 0 Å². The van der Waals surface area contributed by atoms with E-state index in [9.17, 15) is 8.78 Å². The molecule has 5 heteroatoms. The van der Waals surface area contributed by atoms with Gasteiger partial charge in [0, 0.05) is 25.8 Å². The number of nitrogens with zero attached hydrogens (tertiary/aromatic N) is 1. The maximum Gasteiger partial charge on any atom is 0.162 e. The number of aliphatic hydroxyl groups excluding tert-OH is 1. The van der Waals surface area contributed by atoms with E-state index in [1.165, 1.54) is 6.07 Å². The molecule has 0 bridgehead atoms. The maximum absolute atomic E-state index is 13.0. The van der Waals surface area contributed by atoms with Crippen LogP contribution in [0.4, 0.5) is 8.78 Å². The van der Waals surface area contributed by atoms with Crippen LogP contribution in [0.2, 0.25) is 0 Å². The number of ether oxygens (including phenoxy) is 1. The summed E-state index contributed by atoms with van der Waals surface area (Å²) in [6.07, 6.45) is 2.15. The molecule has 0 saturated carbocycles.